The quantitative estimate of drug-likeness (QED) is 0.242. The number of aromatic nitrogens is 3. The fraction of sp³-hybridized carbons (Fsp3) is 0.200. The minimum Gasteiger partial charge on any atom is -0.335 e. The highest BCUT2D eigenvalue weighted by Crippen LogP contribution is 2.26. The predicted octanol–water partition coefficient (Wildman–Crippen LogP) is 6.38. The third-order valence-electron chi connectivity index (χ3n) is 6.47. The molecule has 0 unspecified atom stereocenters. The lowest BCUT2D eigenvalue weighted by Gasteiger charge is -2.20. The third kappa shape index (κ3) is 5.27. The van der Waals surface area contributed by atoms with Crippen LogP contribution >= 0.6 is 15.9 Å². The van der Waals surface area contributed by atoms with Gasteiger partial charge in [0.1, 0.15) is 18.2 Å². The lowest BCUT2D eigenvalue weighted by Crippen LogP contribution is -2.29. The van der Waals surface area contributed by atoms with Crippen LogP contribution in [0.4, 0.5) is 10.1 Å². The molecule has 5 aromatic rings. The number of para-hydroxylation sites is 1. The van der Waals surface area contributed by atoms with Crippen molar-refractivity contribution in [2.45, 2.75) is 39.7 Å². The second-order valence-corrected chi connectivity index (χ2v) is 11.3. The lowest BCUT2D eigenvalue weighted by molar-refractivity contribution is -0.116. The first-order chi connectivity index (χ1) is 18.5. The minimum absolute atomic E-state index is 0.0233. The first-order valence-corrected chi connectivity index (χ1v) is 13.2. The molecular weight excluding hydrogens is 561 g/mol. The van der Waals surface area contributed by atoms with Crippen molar-refractivity contribution >= 4 is 55.5 Å². The van der Waals surface area contributed by atoms with E-state index >= 15 is 0 Å². The van der Waals surface area contributed by atoms with Gasteiger partial charge in [-0.05, 0) is 49.4 Å². The predicted molar refractivity (Wildman–Crippen MR) is 157 cm³/mol. The Hall–Kier alpha value is -4.11. The molecule has 7 nitrogen and oxygen atoms in total. The maximum Gasteiger partial charge on any atom is 0.282 e. The van der Waals surface area contributed by atoms with Crippen molar-refractivity contribution in [2.24, 2.45) is 5.10 Å². The fourth-order valence-corrected chi connectivity index (χ4v) is 4.95. The Morgan fingerprint density at radius 1 is 1.08 bits per heavy atom. The van der Waals surface area contributed by atoms with Gasteiger partial charge in [0.05, 0.1) is 17.1 Å². The molecule has 0 aliphatic heterocycles. The van der Waals surface area contributed by atoms with Gasteiger partial charge in [0, 0.05) is 37.7 Å². The lowest BCUT2D eigenvalue weighted by atomic mass is 9.95. The molecule has 0 saturated carbocycles. The monoisotopic (exact) mass is 587 g/mol. The fourth-order valence-electron chi connectivity index (χ4n) is 4.59. The van der Waals surface area contributed by atoms with Crippen molar-refractivity contribution in [2.75, 3.05) is 5.32 Å². The van der Waals surface area contributed by atoms with Gasteiger partial charge in [0.25, 0.3) is 5.56 Å². The van der Waals surface area contributed by atoms with Gasteiger partial charge in [0.15, 0.2) is 0 Å². The summed E-state index contributed by atoms with van der Waals surface area (Å²) >= 11 is 3.44. The number of nitrogens with one attached hydrogen (secondary N) is 1. The van der Waals surface area contributed by atoms with E-state index in [0.29, 0.717) is 22.4 Å². The number of fused-ring (bicyclic) bond motifs is 2. The van der Waals surface area contributed by atoms with Crippen molar-refractivity contribution in [3.05, 3.63) is 104 Å². The highest BCUT2D eigenvalue weighted by Gasteiger charge is 2.23. The average molecular weight is 588 g/mol. The maximum absolute atomic E-state index is 13.6. The molecule has 198 valence electrons. The molecule has 0 spiro atoms. The molecule has 3 aromatic carbocycles. The van der Waals surface area contributed by atoms with E-state index in [1.165, 1.54) is 16.8 Å². The van der Waals surface area contributed by atoms with Crippen molar-refractivity contribution < 1.29 is 9.18 Å². The van der Waals surface area contributed by atoms with E-state index in [4.69, 9.17) is 4.98 Å². The number of benzene rings is 3. The van der Waals surface area contributed by atoms with Crippen LogP contribution < -0.4 is 10.9 Å². The summed E-state index contributed by atoms with van der Waals surface area (Å²) in [6, 6.07) is 18.9. The molecular formula is C30H27BrFN5O2. The maximum atomic E-state index is 13.6. The topological polar surface area (TPSA) is 81.3 Å². The van der Waals surface area contributed by atoms with E-state index < -0.39 is 11.2 Å². The summed E-state index contributed by atoms with van der Waals surface area (Å²) in [5, 5.41) is 8.75. The van der Waals surface area contributed by atoms with Crippen LogP contribution in [0.3, 0.4) is 0 Å². The molecule has 9 heteroatoms. The van der Waals surface area contributed by atoms with Gasteiger partial charge < -0.3 is 9.88 Å². The van der Waals surface area contributed by atoms with Crippen LogP contribution in [-0.2, 0) is 16.8 Å². The Bertz CT molecular complexity index is 1830. The molecule has 0 aliphatic rings. The van der Waals surface area contributed by atoms with Crippen molar-refractivity contribution in [3.8, 4) is 0 Å². The van der Waals surface area contributed by atoms with Gasteiger partial charge in [0.2, 0.25) is 5.91 Å². The van der Waals surface area contributed by atoms with Gasteiger partial charge in [-0.3, -0.25) is 9.59 Å². The zero-order chi connectivity index (χ0) is 27.9. The molecule has 0 radical (unpaired) electrons. The number of hydrogen-bond donors (Lipinski definition) is 1. The minimum atomic E-state index is -0.449. The molecule has 0 saturated heterocycles. The van der Waals surface area contributed by atoms with Crippen molar-refractivity contribution in [1.29, 1.82) is 0 Å². The number of hydrogen-bond acceptors (Lipinski definition) is 4. The highest BCUT2D eigenvalue weighted by molar-refractivity contribution is 9.10. The molecule has 0 atom stereocenters. The summed E-state index contributed by atoms with van der Waals surface area (Å²) in [6.45, 7) is 7.88. The first-order valence-electron chi connectivity index (χ1n) is 12.4. The van der Waals surface area contributed by atoms with Gasteiger partial charge >= 0.3 is 0 Å². The molecule has 39 heavy (non-hydrogen) atoms. The van der Waals surface area contributed by atoms with Gasteiger partial charge in [-0.2, -0.15) is 9.78 Å². The molecule has 0 aliphatic carbocycles. The Kier molecular flexibility index (Phi) is 6.94. The third-order valence-corrected chi connectivity index (χ3v) is 6.96. The summed E-state index contributed by atoms with van der Waals surface area (Å²) in [4.78, 5) is 31.2. The van der Waals surface area contributed by atoms with E-state index in [0.717, 1.165) is 26.6 Å². The number of nitrogens with zero attached hydrogens (tertiary/aromatic N) is 4. The summed E-state index contributed by atoms with van der Waals surface area (Å²) in [5.41, 5.74) is 2.71. The van der Waals surface area contributed by atoms with E-state index in [9.17, 15) is 14.0 Å². The van der Waals surface area contributed by atoms with E-state index in [-0.39, 0.29) is 18.0 Å². The summed E-state index contributed by atoms with van der Waals surface area (Å²) in [5.74, 6) is -0.174. The molecule has 2 heterocycles. The van der Waals surface area contributed by atoms with E-state index in [1.54, 1.807) is 24.4 Å². The normalized spacial score (nSPS) is 12.1. The highest BCUT2D eigenvalue weighted by atomic mass is 79.9. The Morgan fingerprint density at radius 3 is 2.59 bits per heavy atom. The molecule has 0 bridgehead atoms. The number of amides is 1. The number of carbonyl (C=O) groups excluding carboxylic acids is 1. The number of rotatable bonds is 5. The van der Waals surface area contributed by atoms with Crippen LogP contribution in [0.5, 0.6) is 0 Å². The first kappa shape index (κ1) is 26.5. The summed E-state index contributed by atoms with van der Waals surface area (Å²) in [7, 11) is 0. The second-order valence-electron chi connectivity index (χ2n) is 10.4. The average Bonchev–Trinajstić information content (AvgIpc) is 3.13. The molecule has 1 amide bonds. The zero-order valence-electron chi connectivity index (χ0n) is 22.0. The van der Waals surface area contributed by atoms with Crippen LogP contribution in [0.2, 0.25) is 0 Å². The molecule has 2 aromatic heterocycles. The number of anilines is 1. The van der Waals surface area contributed by atoms with Crippen LogP contribution in [-0.4, -0.2) is 26.3 Å². The molecule has 5 rings (SSSR count). The van der Waals surface area contributed by atoms with Crippen LogP contribution in [0, 0.1) is 12.7 Å². The van der Waals surface area contributed by atoms with Crippen molar-refractivity contribution in [3.63, 3.8) is 0 Å². The van der Waals surface area contributed by atoms with Gasteiger partial charge in [-0.1, -0.05) is 61.0 Å². The van der Waals surface area contributed by atoms with Gasteiger partial charge in [-0.25, -0.2) is 9.37 Å². The second kappa shape index (κ2) is 10.2. The van der Waals surface area contributed by atoms with E-state index in [2.05, 4.69) is 26.3 Å². The number of carbonyl (C=O) groups is 1. The largest absolute Gasteiger partial charge is 0.335 e. The molecule has 1 N–H and O–H groups in total. The van der Waals surface area contributed by atoms with E-state index in [1.807, 2.05) is 68.7 Å². The molecule has 0 fully saturated rings. The summed E-state index contributed by atoms with van der Waals surface area (Å²) in [6.07, 6.45) is 1.65. The van der Waals surface area contributed by atoms with Crippen molar-refractivity contribution in [1.82, 2.24) is 14.2 Å². The standard InChI is InChI=1S/C30H27BrFN5O2/c1-18-24(16-33-37-28(39)23-14-19(31)12-13-25(23)35-29(37)30(2,3)4)22-10-5-6-11-26(22)36(18)17-27(38)34-21-9-7-8-20(32)15-21/h5-16H,17H2,1-4H3,(H,34,38). The van der Waals surface area contributed by atoms with Crippen LogP contribution in [0.25, 0.3) is 21.8 Å². The zero-order valence-corrected chi connectivity index (χ0v) is 23.6. The number of halogens is 2. The van der Waals surface area contributed by atoms with Crippen LogP contribution in [0.15, 0.2) is 81.1 Å². The Balaban J connectivity index is 1.58. The summed E-state index contributed by atoms with van der Waals surface area (Å²) < 4.78 is 17.6. The van der Waals surface area contributed by atoms with Gasteiger partial charge in [-0.15, -0.1) is 0 Å². The smallest absolute Gasteiger partial charge is 0.282 e. The van der Waals surface area contributed by atoms with Crippen LogP contribution in [0.1, 0.15) is 37.9 Å². The Labute approximate surface area is 233 Å². The Morgan fingerprint density at radius 2 is 1.85 bits per heavy atom. The SMILES string of the molecule is Cc1c(C=Nn2c(C(C)(C)C)nc3ccc(Br)cc3c2=O)c2ccccc2n1CC(=O)Nc1cccc(F)c1.